The van der Waals surface area contributed by atoms with Gasteiger partial charge in [-0.15, -0.1) is 0 Å². The minimum absolute atomic E-state index is 0.0235. The molecule has 0 aliphatic carbocycles. The molecular weight excluding hydrogens is 342 g/mol. The molecule has 2 rings (SSSR count). The zero-order valence-corrected chi connectivity index (χ0v) is 15.8. The van der Waals surface area contributed by atoms with Gasteiger partial charge >= 0.3 is 0 Å². The first kappa shape index (κ1) is 20.2. The Hall–Kier alpha value is -3.14. The van der Waals surface area contributed by atoms with Crippen LogP contribution in [-0.2, 0) is 24.2 Å². The van der Waals surface area contributed by atoms with Gasteiger partial charge in [-0.3, -0.25) is 14.3 Å². The van der Waals surface area contributed by atoms with Crippen molar-refractivity contribution >= 4 is 11.8 Å². The molecule has 0 aliphatic heterocycles. The number of nitrogens with two attached hydrogens (primary N) is 1. The fourth-order valence-corrected chi connectivity index (χ4v) is 3.02. The number of aryl methyl sites for hydroxylation is 2. The van der Waals surface area contributed by atoms with Crippen molar-refractivity contribution in [2.24, 2.45) is 5.73 Å². The summed E-state index contributed by atoms with van der Waals surface area (Å²) in [4.78, 5) is 23.3. The number of nitriles is 1. The van der Waals surface area contributed by atoms with E-state index in [-0.39, 0.29) is 5.91 Å². The van der Waals surface area contributed by atoms with Crippen molar-refractivity contribution in [3.8, 4) is 6.07 Å². The standard InChI is InChI=1S/C20H25N5O2/c1-14-18(15(2)25(24-14)12-4-10-21)7-8-19(26)23-11-9-16-5-3-6-17(13-16)20(22)27/h3,5-6,13H,4,7-9,11-12H2,1-2H3,(H2,22,27)(H,23,26). The molecule has 1 aromatic heterocycles. The van der Waals surface area contributed by atoms with E-state index in [0.717, 1.165) is 22.5 Å². The maximum absolute atomic E-state index is 12.1. The van der Waals surface area contributed by atoms with E-state index in [1.807, 2.05) is 24.6 Å². The van der Waals surface area contributed by atoms with Gasteiger partial charge in [-0.05, 0) is 49.9 Å². The van der Waals surface area contributed by atoms with E-state index in [4.69, 9.17) is 11.0 Å². The average Bonchev–Trinajstić information content (AvgIpc) is 2.91. The van der Waals surface area contributed by atoms with Gasteiger partial charge in [0.05, 0.1) is 24.7 Å². The Kier molecular flexibility index (Phi) is 7.12. The largest absolute Gasteiger partial charge is 0.366 e. The van der Waals surface area contributed by atoms with Gasteiger partial charge in [0.1, 0.15) is 0 Å². The number of benzene rings is 1. The number of hydrogen-bond donors (Lipinski definition) is 2. The van der Waals surface area contributed by atoms with Crippen LogP contribution < -0.4 is 11.1 Å². The van der Waals surface area contributed by atoms with Gasteiger partial charge in [0.2, 0.25) is 11.8 Å². The van der Waals surface area contributed by atoms with Gasteiger partial charge < -0.3 is 11.1 Å². The molecule has 0 saturated heterocycles. The normalized spacial score (nSPS) is 10.4. The molecule has 142 valence electrons. The monoisotopic (exact) mass is 367 g/mol. The second-order valence-electron chi connectivity index (χ2n) is 6.45. The molecule has 0 unspecified atom stereocenters. The molecule has 7 heteroatoms. The maximum Gasteiger partial charge on any atom is 0.248 e. The third-order valence-corrected chi connectivity index (χ3v) is 4.52. The lowest BCUT2D eigenvalue weighted by Gasteiger charge is -2.07. The molecule has 1 aromatic carbocycles. The molecule has 3 N–H and O–H groups in total. The highest BCUT2D eigenvalue weighted by Crippen LogP contribution is 2.15. The van der Waals surface area contributed by atoms with Crippen molar-refractivity contribution < 1.29 is 9.59 Å². The molecule has 0 fully saturated rings. The minimum atomic E-state index is -0.457. The first-order valence-corrected chi connectivity index (χ1v) is 8.97. The molecule has 0 radical (unpaired) electrons. The van der Waals surface area contributed by atoms with Crippen molar-refractivity contribution in [2.45, 2.75) is 46.1 Å². The quantitative estimate of drug-likeness (QED) is 0.703. The average molecular weight is 367 g/mol. The van der Waals surface area contributed by atoms with Crippen LogP contribution in [0.25, 0.3) is 0 Å². The van der Waals surface area contributed by atoms with Crippen molar-refractivity contribution in [3.05, 3.63) is 52.3 Å². The van der Waals surface area contributed by atoms with Gasteiger partial charge in [0, 0.05) is 24.2 Å². The van der Waals surface area contributed by atoms with E-state index >= 15 is 0 Å². The Morgan fingerprint density at radius 3 is 2.78 bits per heavy atom. The summed E-state index contributed by atoms with van der Waals surface area (Å²) in [5.41, 5.74) is 9.69. The Morgan fingerprint density at radius 2 is 2.07 bits per heavy atom. The van der Waals surface area contributed by atoms with Crippen molar-refractivity contribution in [1.29, 1.82) is 5.26 Å². The number of nitrogens with zero attached hydrogens (tertiary/aromatic N) is 3. The van der Waals surface area contributed by atoms with Crippen molar-refractivity contribution in [1.82, 2.24) is 15.1 Å². The van der Waals surface area contributed by atoms with E-state index in [9.17, 15) is 9.59 Å². The second-order valence-corrected chi connectivity index (χ2v) is 6.45. The summed E-state index contributed by atoms with van der Waals surface area (Å²) >= 11 is 0. The van der Waals surface area contributed by atoms with Crippen LogP contribution >= 0.6 is 0 Å². The number of rotatable bonds is 9. The lowest BCUT2D eigenvalue weighted by molar-refractivity contribution is -0.121. The molecule has 2 aromatic rings. The molecule has 7 nitrogen and oxygen atoms in total. The van der Waals surface area contributed by atoms with Gasteiger partial charge in [0.25, 0.3) is 0 Å². The highest BCUT2D eigenvalue weighted by Gasteiger charge is 2.13. The molecule has 0 bridgehead atoms. The van der Waals surface area contributed by atoms with Crippen LogP contribution in [-0.4, -0.2) is 28.1 Å². The summed E-state index contributed by atoms with van der Waals surface area (Å²) in [7, 11) is 0. The first-order valence-electron chi connectivity index (χ1n) is 8.97. The van der Waals surface area contributed by atoms with Crippen molar-refractivity contribution in [2.75, 3.05) is 6.54 Å². The molecule has 0 saturated carbocycles. The lowest BCUT2D eigenvalue weighted by atomic mass is 10.1. The number of amides is 2. The second kappa shape index (κ2) is 9.53. The molecule has 2 amide bonds. The summed E-state index contributed by atoms with van der Waals surface area (Å²) in [6.45, 7) is 4.96. The highest BCUT2D eigenvalue weighted by molar-refractivity contribution is 5.92. The summed E-state index contributed by atoms with van der Waals surface area (Å²) in [6, 6.07) is 9.23. The van der Waals surface area contributed by atoms with Crippen LogP contribution in [0.2, 0.25) is 0 Å². The van der Waals surface area contributed by atoms with Crippen LogP contribution in [0.1, 0.15) is 45.7 Å². The topological polar surface area (TPSA) is 114 Å². The fourth-order valence-electron chi connectivity index (χ4n) is 3.02. The molecule has 0 spiro atoms. The van der Waals surface area contributed by atoms with E-state index in [0.29, 0.717) is 44.3 Å². The predicted molar refractivity (Wildman–Crippen MR) is 102 cm³/mol. The zero-order chi connectivity index (χ0) is 19.8. The number of carbonyl (C=O) groups excluding carboxylic acids is 2. The van der Waals surface area contributed by atoms with E-state index in [1.54, 1.807) is 18.2 Å². The molecule has 0 atom stereocenters. The molecular formula is C20H25N5O2. The van der Waals surface area contributed by atoms with E-state index < -0.39 is 5.91 Å². The van der Waals surface area contributed by atoms with E-state index in [2.05, 4.69) is 16.5 Å². The third kappa shape index (κ3) is 5.68. The van der Waals surface area contributed by atoms with Crippen LogP contribution in [0, 0.1) is 25.2 Å². The smallest absolute Gasteiger partial charge is 0.248 e. The Balaban J connectivity index is 1.82. The van der Waals surface area contributed by atoms with Crippen LogP contribution in [0.4, 0.5) is 0 Å². The minimum Gasteiger partial charge on any atom is -0.366 e. The number of carbonyl (C=O) groups is 2. The number of primary amides is 1. The molecule has 27 heavy (non-hydrogen) atoms. The number of hydrogen-bond acceptors (Lipinski definition) is 4. The van der Waals surface area contributed by atoms with Crippen molar-refractivity contribution in [3.63, 3.8) is 0 Å². The fraction of sp³-hybridized carbons (Fsp3) is 0.400. The molecule has 1 heterocycles. The highest BCUT2D eigenvalue weighted by atomic mass is 16.1. The summed E-state index contributed by atoms with van der Waals surface area (Å²) in [5, 5.41) is 16.1. The first-order chi connectivity index (χ1) is 12.9. The van der Waals surface area contributed by atoms with Gasteiger partial charge in [-0.1, -0.05) is 12.1 Å². The summed E-state index contributed by atoms with van der Waals surface area (Å²) in [6.07, 6.45) is 2.05. The Bertz CT molecular complexity index is 864. The molecule has 0 aliphatic rings. The van der Waals surface area contributed by atoms with E-state index in [1.165, 1.54) is 0 Å². The third-order valence-electron chi connectivity index (χ3n) is 4.52. The summed E-state index contributed by atoms with van der Waals surface area (Å²) in [5.74, 6) is -0.480. The number of nitrogens with one attached hydrogen (secondary N) is 1. The predicted octanol–water partition coefficient (Wildman–Crippen LogP) is 1.80. The Labute approximate surface area is 159 Å². The van der Waals surface area contributed by atoms with Crippen LogP contribution in [0.15, 0.2) is 24.3 Å². The number of aromatic nitrogens is 2. The maximum atomic E-state index is 12.1. The summed E-state index contributed by atoms with van der Waals surface area (Å²) < 4.78 is 1.83. The van der Waals surface area contributed by atoms with Crippen LogP contribution in [0.5, 0.6) is 0 Å². The lowest BCUT2D eigenvalue weighted by Crippen LogP contribution is -2.26. The van der Waals surface area contributed by atoms with Gasteiger partial charge in [0.15, 0.2) is 0 Å². The van der Waals surface area contributed by atoms with Gasteiger partial charge in [-0.25, -0.2) is 0 Å². The SMILES string of the molecule is Cc1nn(CCC#N)c(C)c1CCC(=O)NCCc1cccc(C(N)=O)c1. The Morgan fingerprint density at radius 1 is 1.30 bits per heavy atom. The zero-order valence-electron chi connectivity index (χ0n) is 15.8. The van der Waals surface area contributed by atoms with Gasteiger partial charge in [-0.2, -0.15) is 10.4 Å². The van der Waals surface area contributed by atoms with Crippen LogP contribution in [0.3, 0.4) is 0 Å².